The second kappa shape index (κ2) is 1.78. The largest absolute Gasteiger partial charge is 0.337 e. The Bertz CT molecular complexity index is 206. The number of hydrogen-bond donors (Lipinski definition) is 1. The second-order valence-electron chi connectivity index (χ2n) is 3.87. The van der Waals surface area contributed by atoms with Crippen LogP contribution < -0.4 is 5.32 Å². The zero-order valence-corrected chi connectivity index (χ0v) is 6.42. The summed E-state index contributed by atoms with van der Waals surface area (Å²) >= 11 is 0. The van der Waals surface area contributed by atoms with Crippen molar-refractivity contribution >= 4 is 5.91 Å². The molecule has 1 saturated carbocycles. The first-order valence-corrected chi connectivity index (χ1v) is 4.41. The lowest BCUT2D eigenvalue weighted by atomic mass is 9.90. The maximum atomic E-state index is 11.5. The van der Waals surface area contributed by atoms with Crippen molar-refractivity contribution < 1.29 is 4.79 Å². The molecule has 0 spiro atoms. The van der Waals surface area contributed by atoms with E-state index in [1.165, 1.54) is 12.8 Å². The van der Waals surface area contributed by atoms with Crippen molar-refractivity contribution in [2.45, 2.75) is 37.4 Å². The van der Waals surface area contributed by atoms with Gasteiger partial charge in [0.1, 0.15) is 0 Å². The van der Waals surface area contributed by atoms with Crippen LogP contribution in [0.3, 0.4) is 0 Å². The fourth-order valence-electron chi connectivity index (χ4n) is 2.09. The van der Waals surface area contributed by atoms with Crippen LogP contribution in [-0.4, -0.2) is 35.5 Å². The van der Waals surface area contributed by atoms with E-state index in [1.807, 2.05) is 0 Å². The summed E-state index contributed by atoms with van der Waals surface area (Å²) in [4.78, 5) is 13.6. The lowest BCUT2D eigenvalue weighted by molar-refractivity contribution is -0.143. The standard InChI is InChI=1S/C8H12N2O/c11-8-7-3-5(9-7)4-10(8)6-1-2-6/h5-7,9H,1-4H2/t5-,7+/m0/s1. The van der Waals surface area contributed by atoms with Crippen LogP contribution in [0.2, 0.25) is 0 Å². The smallest absolute Gasteiger partial charge is 0.240 e. The molecule has 4 rings (SSSR count). The van der Waals surface area contributed by atoms with Crippen LogP contribution in [0.15, 0.2) is 0 Å². The average Bonchev–Trinajstić information content (AvgIpc) is 2.66. The summed E-state index contributed by atoms with van der Waals surface area (Å²) in [5.74, 6) is 0.356. The van der Waals surface area contributed by atoms with Gasteiger partial charge in [0.2, 0.25) is 5.91 Å². The van der Waals surface area contributed by atoms with Gasteiger partial charge >= 0.3 is 0 Å². The molecule has 0 aromatic heterocycles. The van der Waals surface area contributed by atoms with Gasteiger partial charge in [-0.3, -0.25) is 4.79 Å². The average molecular weight is 152 g/mol. The fraction of sp³-hybridized carbons (Fsp3) is 0.875. The molecule has 1 amide bonds. The number of amides is 1. The van der Waals surface area contributed by atoms with E-state index in [9.17, 15) is 4.79 Å². The topological polar surface area (TPSA) is 32.3 Å². The summed E-state index contributed by atoms with van der Waals surface area (Å²) in [6.07, 6.45) is 3.57. The Labute approximate surface area is 65.7 Å². The molecule has 0 aromatic carbocycles. The third-order valence-electron chi connectivity index (χ3n) is 2.94. The van der Waals surface area contributed by atoms with Crippen LogP contribution in [0.4, 0.5) is 0 Å². The molecular formula is C8H12N2O. The SMILES string of the molecule is O=C1[C@H]2C[C@@H](CN1C1CC1)N2. The van der Waals surface area contributed by atoms with Gasteiger partial charge in [-0.1, -0.05) is 0 Å². The number of piperidine rings is 1. The molecule has 1 aliphatic carbocycles. The minimum atomic E-state index is 0.189. The Morgan fingerprint density at radius 1 is 1.45 bits per heavy atom. The molecule has 0 unspecified atom stereocenters. The molecule has 3 heterocycles. The number of piperazine rings is 1. The fourth-order valence-corrected chi connectivity index (χ4v) is 2.09. The highest BCUT2D eigenvalue weighted by atomic mass is 16.2. The summed E-state index contributed by atoms with van der Waals surface area (Å²) in [6.45, 7) is 0.972. The number of carbonyl (C=O) groups excluding carboxylic acids is 1. The number of carbonyl (C=O) groups is 1. The van der Waals surface area contributed by atoms with Gasteiger partial charge in [-0.2, -0.15) is 0 Å². The highest BCUT2D eigenvalue weighted by Gasteiger charge is 2.47. The van der Waals surface area contributed by atoms with Crippen molar-refractivity contribution in [2.75, 3.05) is 6.54 Å². The molecule has 2 bridgehead atoms. The highest BCUT2D eigenvalue weighted by molar-refractivity contribution is 5.85. The van der Waals surface area contributed by atoms with E-state index in [-0.39, 0.29) is 6.04 Å². The van der Waals surface area contributed by atoms with Crippen molar-refractivity contribution in [3.8, 4) is 0 Å². The molecule has 0 aromatic rings. The summed E-state index contributed by atoms with van der Waals surface area (Å²) in [5, 5.41) is 3.25. The van der Waals surface area contributed by atoms with E-state index in [0.717, 1.165) is 13.0 Å². The lowest BCUT2D eigenvalue weighted by Gasteiger charge is -2.47. The highest BCUT2D eigenvalue weighted by Crippen LogP contribution is 2.33. The van der Waals surface area contributed by atoms with Crippen molar-refractivity contribution in [1.82, 2.24) is 10.2 Å². The maximum Gasteiger partial charge on any atom is 0.240 e. The van der Waals surface area contributed by atoms with Crippen LogP contribution >= 0.6 is 0 Å². The van der Waals surface area contributed by atoms with Crippen LogP contribution in [0.25, 0.3) is 0 Å². The number of hydrogen-bond acceptors (Lipinski definition) is 2. The molecule has 4 aliphatic rings. The zero-order chi connectivity index (χ0) is 7.42. The van der Waals surface area contributed by atoms with Gasteiger partial charge in [0, 0.05) is 18.6 Å². The van der Waals surface area contributed by atoms with E-state index in [2.05, 4.69) is 10.2 Å². The molecular weight excluding hydrogens is 140 g/mol. The molecule has 3 saturated heterocycles. The quantitative estimate of drug-likeness (QED) is 0.560. The Morgan fingerprint density at radius 2 is 2.18 bits per heavy atom. The predicted molar refractivity (Wildman–Crippen MR) is 40.1 cm³/mol. The first kappa shape index (κ1) is 6.00. The Balaban J connectivity index is 1.79. The predicted octanol–water partition coefficient (Wildman–Crippen LogP) is -0.279. The summed E-state index contributed by atoms with van der Waals surface area (Å²) < 4.78 is 0. The van der Waals surface area contributed by atoms with E-state index in [0.29, 0.717) is 18.0 Å². The Kier molecular flexibility index (Phi) is 0.969. The minimum absolute atomic E-state index is 0.189. The first-order valence-electron chi connectivity index (χ1n) is 4.41. The van der Waals surface area contributed by atoms with Gasteiger partial charge in [0.25, 0.3) is 0 Å². The van der Waals surface area contributed by atoms with Gasteiger partial charge in [-0.05, 0) is 19.3 Å². The number of rotatable bonds is 1. The third-order valence-corrected chi connectivity index (χ3v) is 2.94. The summed E-state index contributed by atoms with van der Waals surface area (Å²) in [6, 6.07) is 1.43. The molecule has 4 fully saturated rings. The van der Waals surface area contributed by atoms with Crippen LogP contribution in [0, 0.1) is 0 Å². The van der Waals surface area contributed by atoms with Crippen molar-refractivity contribution in [2.24, 2.45) is 0 Å². The zero-order valence-electron chi connectivity index (χ0n) is 6.42. The first-order chi connectivity index (χ1) is 5.34. The summed E-state index contributed by atoms with van der Waals surface area (Å²) in [5.41, 5.74) is 0. The number of nitrogens with one attached hydrogen (secondary N) is 1. The van der Waals surface area contributed by atoms with Gasteiger partial charge in [0.05, 0.1) is 6.04 Å². The van der Waals surface area contributed by atoms with E-state index in [1.54, 1.807) is 0 Å². The molecule has 3 aliphatic heterocycles. The number of fused-ring (bicyclic) bond motifs is 2. The molecule has 3 heteroatoms. The molecule has 2 atom stereocenters. The van der Waals surface area contributed by atoms with E-state index in [4.69, 9.17) is 0 Å². The van der Waals surface area contributed by atoms with Gasteiger partial charge in [-0.25, -0.2) is 0 Å². The van der Waals surface area contributed by atoms with Gasteiger partial charge < -0.3 is 10.2 Å². The molecule has 0 radical (unpaired) electrons. The lowest BCUT2D eigenvalue weighted by Crippen LogP contribution is -2.70. The van der Waals surface area contributed by atoms with Crippen molar-refractivity contribution in [3.63, 3.8) is 0 Å². The molecule has 3 nitrogen and oxygen atoms in total. The van der Waals surface area contributed by atoms with Crippen LogP contribution in [-0.2, 0) is 4.79 Å². The van der Waals surface area contributed by atoms with Crippen LogP contribution in [0.5, 0.6) is 0 Å². The van der Waals surface area contributed by atoms with Gasteiger partial charge in [-0.15, -0.1) is 0 Å². The van der Waals surface area contributed by atoms with E-state index < -0.39 is 0 Å². The molecule has 1 N–H and O–H groups in total. The normalized spacial score (nSPS) is 42.2. The monoisotopic (exact) mass is 152 g/mol. The molecule has 60 valence electrons. The Morgan fingerprint density at radius 3 is 2.73 bits per heavy atom. The van der Waals surface area contributed by atoms with Crippen molar-refractivity contribution in [1.29, 1.82) is 0 Å². The minimum Gasteiger partial charge on any atom is -0.337 e. The maximum absolute atomic E-state index is 11.5. The Hall–Kier alpha value is -0.570. The third kappa shape index (κ3) is 0.745. The number of nitrogens with zero attached hydrogens (tertiary/aromatic N) is 1. The molecule has 11 heavy (non-hydrogen) atoms. The summed E-state index contributed by atoms with van der Waals surface area (Å²) in [7, 11) is 0. The second-order valence-corrected chi connectivity index (χ2v) is 3.87. The van der Waals surface area contributed by atoms with E-state index >= 15 is 0 Å². The van der Waals surface area contributed by atoms with Gasteiger partial charge in [0.15, 0.2) is 0 Å². The van der Waals surface area contributed by atoms with Crippen molar-refractivity contribution in [3.05, 3.63) is 0 Å². The van der Waals surface area contributed by atoms with Crippen LogP contribution in [0.1, 0.15) is 19.3 Å².